The van der Waals surface area contributed by atoms with Crippen molar-refractivity contribution in [3.63, 3.8) is 0 Å². The van der Waals surface area contributed by atoms with E-state index in [4.69, 9.17) is 15.1 Å². The Morgan fingerprint density at radius 3 is 1.17 bits per heavy atom. The van der Waals surface area contributed by atoms with Crippen molar-refractivity contribution in [1.82, 2.24) is 0 Å². The van der Waals surface area contributed by atoms with Gasteiger partial charge in [-0.25, -0.2) is 0 Å². The van der Waals surface area contributed by atoms with Crippen molar-refractivity contribution in [2.24, 2.45) is 0 Å². The van der Waals surface area contributed by atoms with Gasteiger partial charge in [0.1, 0.15) is 0 Å². The molecule has 3 N–H and O–H groups in total. The molecule has 0 aliphatic carbocycles. The molecule has 0 aromatic heterocycles. The molecular weight excluding hydrogens is 149 g/mol. The predicted molar refractivity (Wildman–Crippen MR) is 20.4 cm³/mol. The molecule has 0 saturated heterocycles. The third kappa shape index (κ3) is 56.3. The first-order chi connectivity index (χ1) is 1.73. The average molecular weight is 154 g/mol. The SMILES string of the molecule is OB(O)O.[H-].[H-].[Mg+2].[Zn]. The van der Waals surface area contributed by atoms with Crippen molar-refractivity contribution in [2.45, 2.75) is 0 Å². The Labute approximate surface area is 67.8 Å². The maximum atomic E-state index is 7.17. The van der Waals surface area contributed by atoms with Gasteiger partial charge in [-0.2, -0.15) is 0 Å². The molecule has 0 unspecified atom stereocenters. The summed E-state index contributed by atoms with van der Waals surface area (Å²) in [6.07, 6.45) is 0. The van der Waals surface area contributed by atoms with E-state index < -0.39 is 7.32 Å². The third-order valence-electron chi connectivity index (χ3n) is 0. The maximum absolute atomic E-state index is 7.17. The van der Waals surface area contributed by atoms with E-state index in [0.717, 1.165) is 0 Å². The summed E-state index contributed by atoms with van der Waals surface area (Å²) in [6, 6.07) is 0. The molecule has 0 saturated carbocycles. The molecule has 3 nitrogen and oxygen atoms in total. The Bertz CT molecular complexity index is 22.0. The van der Waals surface area contributed by atoms with Gasteiger partial charge in [0.25, 0.3) is 0 Å². The van der Waals surface area contributed by atoms with Crippen LogP contribution in [0.4, 0.5) is 0 Å². The van der Waals surface area contributed by atoms with Gasteiger partial charge in [-0.15, -0.1) is 0 Å². The summed E-state index contributed by atoms with van der Waals surface area (Å²) in [4.78, 5) is 0. The van der Waals surface area contributed by atoms with Crippen LogP contribution < -0.4 is 0 Å². The molecule has 0 bridgehead atoms. The molecule has 0 amide bonds. The molecule has 0 aliphatic rings. The van der Waals surface area contributed by atoms with Crippen LogP contribution in [-0.2, 0) is 19.5 Å². The second-order valence-electron chi connectivity index (χ2n) is 0.346. The first-order valence-electron chi connectivity index (χ1n) is 0.775. The normalized spacial score (nSPS) is 4.50. The largest absolute Gasteiger partial charge is 2.00 e. The monoisotopic (exact) mass is 152 g/mol. The van der Waals surface area contributed by atoms with Crippen molar-refractivity contribution >= 4 is 30.4 Å². The molecule has 0 radical (unpaired) electrons. The van der Waals surface area contributed by atoms with Crippen molar-refractivity contribution in [1.29, 1.82) is 0 Å². The summed E-state index contributed by atoms with van der Waals surface area (Å²) in [5.41, 5.74) is 0. The van der Waals surface area contributed by atoms with Crippen LogP contribution in [-0.4, -0.2) is 45.4 Å². The summed E-state index contributed by atoms with van der Waals surface area (Å²) < 4.78 is 0. The van der Waals surface area contributed by atoms with Gasteiger partial charge in [0, 0.05) is 19.5 Å². The van der Waals surface area contributed by atoms with Crippen molar-refractivity contribution < 1.29 is 37.4 Å². The maximum Gasteiger partial charge on any atom is 2.00 e. The van der Waals surface area contributed by atoms with E-state index in [-0.39, 0.29) is 45.4 Å². The molecule has 0 aromatic rings. The van der Waals surface area contributed by atoms with E-state index in [2.05, 4.69) is 0 Å². The number of rotatable bonds is 0. The molecule has 6 heteroatoms. The van der Waals surface area contributed by atoms with Crippen LogP contribution in [0.15, 0.2) is 0 Å². The Kier molecular flexibility index (Phi) is 25.0. The molecule has 6 heavy (non-hydrogen) atoms. The Morgan fingerprint density at radius 1 is 1.17 bits per heavy atom. The quantitative estimate of drug-likeness (QED) is 0.346. The molecule has 0 aromatic carbocycles. The van der Waals surface area contributed by atoms with E-state index in [1.807, 2.05) is 0 Å². The zero-order valence-corrected chi connectivity index (χ0v) is 7.71. The van der Waals surface area contributed by atoms with Crippen LogP contribution in [0.1, 0.15) is 2.85 Å². The number of hydrogen-bond acceptors (Lipinski definition) is 3. The van der Waals surface area contributed by atoms with Crippen LogP contribution in [0.2, 0.25) is 0 Å². The second-order valence-corrected chi connectivity index (χ2v) is 0.346. The van der Waals surface area contributed by atoms with Crippen LogP contribution in [0.5, 0.6) is 0 Å². The van der Waals surface area contributed by atoms with Crippen LogP contribution in [0.25, 0.3) is 0 Å². The van der Waals surface area contributed by atoms with Gasteiger partial charge in [-0.3, -0.25) is 0 Å². The molecule has 0 aliphatic heterocycles. The van der Waals surface area contributed by atoms with E-state index in [1.54, 1.807) is 0 Å². The van der Waals surface area contributed by atoms with Crippen LogP contribution in [0, 0.1) is 0 Å². The van der Waals surface area contributed by atoms with Gasteiger partial charge in [-0.05, 0) is 0 Å². The van der Waals surface area contributed by atoms with Crippen molar-refractivity contribution in [2.75, 3.05) is 0 Å². The fourth-order valence-corrected chi connectivity index (χ4v) is 0. The fraction of sp³-hybridized carbons (Fsp3) is 0. The third-order valence-corrected chi connectivity index (χ3v) is 0. The van der Waals surface area contributed by atoms with Crippen molar-refractivity contribution in [3.05, 3.63) is 0 Å². The predicted octanol–water partition coefficient (Wildman–Crippen LogP) is -2.21. The summed E-state index contributed by atoms with van der Waals surface area (Å²) in [7, 11) is -2.17. The minimum Gasteiger partial charge on any atom is -1.00 e. The van der Waals surface area contributed by atoms with Crippen LogP contribution in [0.3, 0.4) is 0 Å². The Hall–Kier alpha value is 1.33. The van der Waals surface area contributed by atoms with Crippen LogP contribution >= 0.6 is 0 Å². The Balaban J connectivity index is -0.00000000750. The molecule has 30 valence electrons. The van der Waals surface area contributed by atoms with E-state index in [9.17, 15) is 0 Å². The molecule has 0 heterocycles. The van der Waals surface area contributed by atoms with Gasteiger partial charge in [0.05, 0.1) is 0 Å². The first kappa shape index (κ1) is 15.7. The van der Waals surface area contributed by atoms with Gasteiger partial charge in [0.2, 0.25) is 0 Å². The van der Waals surface area contributed by atoms with E-state index >= 15 is 0 Å². The molecule has 0 atom stereocenters. The summed E-state index contributed by atoms with van der Waals surface area (Å²) in [5, 5.41) is 21.5. The minimum absolute atomic E-state index is 0. The summed E-state index contributed by atoms with van der Waals surface area (Å²) in [6.45, 7) is 0. The first-order valence-corrected chi connectivity index (χ1v) is 0.775. The van der Waals surface area contributed by atoms with Gasteiger partial charge in [0.15, 0.2) is 0 Å². The molecular formula is H5BMgO3Zn. The van der Waals surface area contributed by atoms with Gasteiger partial charge >= 0.3 is 30.4 Å². The molecule has 0 rings (SSSR count). The minimum atomic E-state index is -2.17. The zero-order chi connectivity index (χ0) is 3.58. The topological polar surface area (TPSA) is 60.7 Å². The van der Waals surface area contributed by atoms with Crippen molar-refractivity contribution in [3.8, 4) is 0 Å². The second kappa shape index (κ2) is 9.59. The fourth-order valence-electron chi connectivity index (χ4n) is 0. The smallest absolute Gasteiger partial charge is 1.00 e. The number of hydrogen-bond donors (Lipinski definition) is 3. The van der Waals surface area contributed by atoms with Gasteiger partial charge < -0.3 is 17.9 Å². The zero-order valence-electron chi connectivity index (χ0n) is 5.33. The van der Waals surface area contributed by atoms with E-state index in [0.29, 0.717) is 0 Å². The molecule has 0 spiro atoms. The summed E-state index contributed by atoms with van der Waals surface area (Å²) in [5.74, 6) is 0. The standard InChI is InChI=1S/BH3O3.Mg.Zn.2H/c2-1(3)4;;;;/h2-4H;;;;/q;+2;;2*-1. The average Bonchev–Trinajstić information content (AvgIpc) is 0.811. The van der Waals surface area contributed by atoms with Gasteiger partial charge in [-0.1, -0.05) is 0 Å². The Morgan fingerprint density at radius 2 is 1.17 bits per heavy atom. The molecule has 0 fully saturated rings. The summed E-state index contributed by atoms with van der Waals surface area (Å²) >= 11 is 0. The van der Waals surface area contributed by atoms with E-state index in [1.165, 1.54) is 0 Å².